The van der Waals surface area contributed by atoms with E-state index < -0.39 is 0 Å². The van der Waals surface area contributed by atoms with Crippen molar-refractivity contribution >= 4 is 17.2 Å². The summed E-state index contributed by atoms with van der Waals surface area (Å²) in [5.41, 5.74) is 0.692. The van der Waals surface area contributed by atoms with Gasteiger partial charge in [0.25, 0.3) is 0 Å². The third kappa shape index (κ3) is 3.52. The minimum absolute atomic E-state index is 0.0142. The van der Waals surface area contributed by atoms with E-state index in [1.54, 1.807) is 10.8 Å². The largest absolute Gasteiger partial charge is 0.366 e. The first-order valence-corrected chi connectivity index (χ1v) is 9.93. The summed E-state index contributed by atoms with van der Waals surface area (Å²) in [5.74, 6) is 1.02. The van der Waals surface area contributed by atoms with Crippen molar-refractivity contribution in [2.24, 2.45) is 10.8 Å². The van der Waals surface area contributed by atoms with Gasteiger partial charge in [0, 0.05) is 19.3 Å². The Morgan fingerprint density at radius 1 is 1.33 bits per heavy atom. The Labute approximate surface area is 160 Å². The molecule has 0 spiro atoms. The van der Waals surface area contributed by atoms with Gasteiger partial charge in [-0.05, 0) is 49.9 Å². The van der Waals surface area contributed by atoms with E-state index in [9.17, 15) is 4.79 Å². The number of anilines is 1. The van der Waals surface area contributed by atoms with Crippen molar-refractivity contribution in [1.82, 2.24) is 24.8 Å². The molecule has 2 saturated heterocycles. The molecule has 4 rings (SSSR count). The Morgan fingerprint density at radius 2 is 2.19 bits per heavy atom. The van der Waals surface area contributed by atoms with E-state index in [1.807, 2.05) is 18.3 Å². The molecule has 27 heavy (non-hydrogen) atoms. The predicted molar refractivity (Wildman–Crippen MR) is 106 cm³/mol. The average molecular weight is 371 g/mol. The quantitative estimate of drug-likeness (QED) is 0.844. The molecule has 146 valence electrons. The molecule has 0 radical (unpaired) electrons. The molecule has 2 fully saturated rings. The normalized spacial score (nSPS) is 26.1. The van der Waals surface area contributed by atoms with Crippen LogP contribution in [0.3, 0.4) is 0 Å². The summed E-state index contributed by atoms with van der Waals surface area (Å²) in [6, 6.07) is 3.95. The number of hydrogen-bond donors (Lipinski definition) is 2. The van der Waals surface area contributed by atoms with Crippen LogP contribution in [0, 0.1) is 10.8 Å². The molecule has 2 aromatic rings. The number of nitrogens with zero attached hydrogens (tertiary/aromatic N) is 4. The first-order valence-electron chi connectivity index (χ1n) is 9.93. The van der Waals surface area contributed by atoms with Gasteiger partial charge in [-0.3, -0.25) is 4.79 Å². The van der Waals surface area contributed by atoms with Crippen LogP contribution in [-0.4, -0.2) is 57.6 Å². The molecule has 0 aliphatic carbocycles. The second-order valence-electron chi connectivity index (χ2n) is 9.13. The van der Waals surface area contributed by atoms with Crippen molar-refractivity contribution in [2.75, 3.05) is 31.5 Å². The fourth-order valence-corrected chi connectivity index (χ4v) is 4.38. The molecule has 3 atom stereocenters. The standard InChI is InChI=1S/C20H30N6O/c1-19(2,3)16(12-21-17-15-6-4-10-26(15)23-14-22-17)24-18(27)20-7-5-9-25(13-20)11-8-20/h4,6,10,14,16H,5,7-9,11-13H2,1-3H3,(H,24,27)(H,21,22,23). The molecule has 0 aromatic carbocycles. The lowest BCUT2D eigenvalue weighted by molar-refractivity contribution is -0.133. The van der Waals surface area contributed by atoms with Crippen molar-refractivity contribution < 1.29 is 4.79 Å². The lowest BCUT2D eigenvalue weighted by atomic mass is 9.78. The van der Waals surface area contributed by atoms with Crippen LogP contribution in [0.4, 0.5) is 5.82 Å². The zero-order valence-electron chi connectivity index (χ0n) is 16.5. The molecular weight excluding hydrogens is 340 g/mol. The van der Waals surface area contributed by atoms with Crippen LogP contribution < -0.4 is 10.6 Å². The van der Waals surface area contributed by atoms with Gasteiger partial charge >= 0.3 is 0 Å². The lowest BCUT2D eigenvalue weighted by Crippen LogP contribution is -2.54. The van der Waals surface area contributed by atoms with Gasteiger partial charge in [-0.1, -0.05) is 20.8 Å². The number of hydrogen-bond acceptors (Lipinski definition) is 5. The van der Waals surface area contributed by atoms with E-state index >= 15 is 0 Å². The van der Waals surface area contributed by atoms with Crippen molar-refractivity contribution in [3.05, 3.63) is 24.7 Å². The first-order chi connectivity index (χ1) is 12.9. The second-order valence-corrected chi connectivity index (χ2v) is 9.13. The molecule has 0 saturated carbocycles. The Morgan fingerprint density at radius 3 is 3.00 bits per heavy atom. The number of rotatable bonds is 5. The molecule has 2 bridgehead atoms. The predicted octanol–water partition coefficient (Wildman–Crippen LogP) is 2.16. The fraction of sp³-hybridized carbons (Fsp3) is 0.650. The van der Waals surface area contributed by atoms with Gasteiger partial charge in [-0.25, -0.2) is 9.50 Å². The Bertz CT molecular complexity index is 821. The van der Waals surface area contributed by atoms with E-state index in [1.165, 1.54) is 0 Å². The molecular formula is C20H30N6O. The van der Waals surface area contributed by atoms with Gasteiger partial charge < -0.3 is 15.5 Å². The summed E-state index contributed by atoms with van der Waals surface area (Å²) in [6.45, 7) is 10.3. The highest BCUT2D eigenvalue weighted by atomic mass is 16.2. The van der Waals surface area contributed by atoms with Crippen LogP contribution in [0.2, 0.25) is 0 Å². The third-order valence-corrected chi connectivity index (χ3v) is 6.20. The number of carbonyl (C=O) groups excluding carboxylic acids is 1. The van der Waals surface area contributed by atoms with E-state index in [0.717, 1.165) is 50.2 Å². The Balaban J connectivity index is 1.47. The monoisotopic (exact) mass is 370 g/mol. The summed E-state index contributed by atoms with van der Waals surface area (Å²) in [7, 11) is 0. The molecule has 2 aliphatic rings. The molecule has 2 N–H and O–H groups in total. The number of carbonyl (C=O) groups is 1. The van der Waals surface area contributed by atoms with E-state index in [2.05, 4.69) is 46.4 Å². The topological polar surface area (TPSA) is 74.6 Å². The number of fused-ring (bicyclic) bond motifs is 3. The summed E-state index contributed by atoms with van der Waals surface area (Å²) in [4.78, 5) is 20.0. The Kier molecular flexibility index (Phi) is 4.58. The molecule has 1 amide bonds. The van der Waals surface area contributed by atoms with Gasteiger partial charge in [0.15, 0.2) is 5.82 Å². The lowest BCUT2D eigenvalue weighted by Gasteiger charge is -2.37. The fourth-order valence-electron chi connectivity index (χ4n) is 4.38. The molecule has 7 heteroatoms. The first kappa shape index (κ1) is 18.2. The van der Waals surface area contributed by atoms with Crippen molar-refractivity contribution in [3.8, 4) is 0 Å². The van der Waals surface area contributed by atoms with E-state index in [0.29, 0.717) is 6.54 Å². The van der Waals surface area contributed by atoms with Crippen LogP contribution in [0.1, 0.15) is 40.0 Å². The van der Waals surface area contributed by atoms with E-state index in [4.69, 9.17) is 0 Å². The molecule has 3 unspecified atom stereocenters. The van der Waals surface area contributed by atoms with Gasteiger partial charge in [0.2, 0.25) is 5.91 Å². The number of nitrogens with one attached hydrogen (secondary N) is 2. The average Bonchev–Trinajstić information content (AvgIpc) is 3.22. The van der Waals surface area contributed by atoms with Crippen LogP contribution in [-0.2, 0) is 4.79 Å². The summed E-state index contributed by atoms with van der Waals surface area (Å²) in [5, 5.41) is 11.0. The summed E-state index contributed by atoms with van der Waals surface area (Å²) in [6.07, 6.45) is 6.57. The SMILES string of the molecule is CC(C)(C)C(CNc1ncnn2cccc12)NC(=O)C12CCCN(CC1)C2. The molecule has 2 aliphatic heterocycles. The zero-order valence-corrected chi connectivity index (χ0v) is 16.5. The number of piperidine rings is 1. The maximum absolute atomic E-state index is 13.2. The zero-order chi connectivity index (χ0) is 19.1. The van der Waals surface area contributed by atoms with E-state index in [-0.39, 0.29) is 22.8 Å². The smallest absolute Gasteiger partial charge is 0.227 e. The van der Waals surface area contributed by atoms with Gasteiger partial charge in [-0.2, -0.15) is 5.10 Å². The minimum Gasteiger partial charge on any atom is -0.366 e. The molecule has 2 aromatic heterocycles. The van der Waals surface area contributed by atoms with Crippen molar-refractivity contribution in [2.45, 2.75) is 46.1 Å². The highest BCUT2D eigenvalue weighted by molar-refractivity contribution is 5.84. The van der Waals surface area contributed by atoms with Gasteiger partial charge in [0.05, 0.1) is 11.5 Å². The van der Waals surface area contributed by atoms with Crippen LogP contribution >= 0.6 is 0 Å². The molecule has 7 nitrogen and oxygen atoms in total. The van der Waals surface area contributed by atoms with Gasteiger partial charge in [-0.15, -0.1) is 0 Å². The Hall–Kier alpha value is -2.15. The third-order valence-electron chi connectivity index (χ3n) is 6.20. The second kappa shape index (κ2) is 6.78. The maximum Gasteiger partial charge on any atom is 0.227 e. The maximum atomic E-state index is 13.2. The van der Waals surface area contributed by atoms with Crippen LogP contribution in [0.25, 0.3) is 5.52 Å². The highest BCUT2D eigenvalue weighted by Crippen LogP contribution is 2.39. The highest BCUT2D eigenvalue weighted by Gasteiger charge is 2.47. The summed E-state index contributed by atoms with van der Waals surface area (Å²) < 4.78 is 1.80. The number of amides is 1. The molecule has 4 heterocycles. The van der Waals surface area contributed by atoms with Crippen LogP contribution in [0.15, 0.2) is 24.7 Å². The number of aromatic nitrogens is 3. The van der Waals surface area contributed by atoms with Crippen molar-refractivity contribution in [1.29, 1.82) is 0 Å². The van der Waals surface area contributed by atoms with Gasteiger partial charge in [0.1, 0.15) is 11.8 Å². The van der Waals surface area contributed by atoms with Crippen LogP contribution in [0.5, 0.6) is 0 Å². The summed E-state index contributed by atoms with van der Waals surface area (Å²) >= 11 is 0. The van der Waals surface area contributed by atoms with Crippen molar-refractivity contribution in [3.63, 3.8) is 0 Å². The minimum atomic E-state index is -0.189.